The van der Waals surface area contributed by atoms with Crippen LogP contribution in [0.25, 0.3) is 11.1 Å². The molecule has 0 atom stereocenters. The van der Waals surface area contributed by atoms with Crippen molar-refractivity contribution < 1.29 is 9.53 Å². The smallest absolute Gasteiger partial charge is 0.338 e. The molecular formula is C20H15BrO2. The van der Waals surface area contributed by atoms with E-state index in [1.165, 1.54) is 0 Å². The highest BCUT2D eigenvalue weighted by molar-refractivity contribution is 9.10. The standard InChI is InChI=1S/C20H15BrO2/c21-19-12-6-15(7-13-19)14-23-20(22)18-10-8-17(9-11-18)16-4-2-1-3-5-16/h1-13H,14H2. The Kier molecular flexibility index (Phi) is 4.89. The quantitative estimate of drug-likeness (QED) is 0.572. The van der Waals surface area contributed by atoms with Gasteiger partial charge < -0.3 is 4.74 Å². The molecule has 0 radical (unpaired) electrons. The largest absolute Gasteiger partial charge is 0.457 e. The van der Waals surface area contributed by atoms with Crippen LogP contribution in [0, 0.1) is 0 Å². The Morgan fingerprint density at radius 2 is 1.39 bits per heavy atom. The van der Waals surface area contributed by atoms with E-state index in [0.29, 0.717) is 5.56 Å². The lowest BCUT2D eigenvalue weighted by Gasteiger charge is -2.06. The first-order chi connectivity index (χ1) is 11.2. The summed E-state index contributed by atoms with van der Waals surface area (Å²) in [7, 11) is 0. The zero-order valence-corrected chi connectivity index (χ0v) is 14.0. The zero-order valence-electron chi connectivity index (χ0n) is 12.4. The molecule has 0 aliphatic heterocycles. The summed E-state index contributed by atoms with van der Waals surface area (Å²) in [6.07, 6.45) is 0. The summed E-state index contributed by atoms with van der Waals surface area (Å²) in [5.74, 6) is -0.312. The third kappa shape index (κ3) is 4.08. The van der Waals surface area contributed by atoms with Crippen molar-refractivity contribution in [2.45, 2.75) is 6.61 Å². The third-order valence-electron chi connectivity index (χ3n) is 3.51. The first kappa shape index (κ1) is 15.5. The second kappa shape index (κ2) is 7.25. The minimum absolute atomic E-state index is 0.270. The molecule has 2 nitrogen and oxygen atoms in total. The Labute approximate surface area is 143 Å². The van der Waals surface area contributed by atoms with Crippen molar-refractivity contribution in [3.63, 3.8) is 0 Å². The van der Waals surface area contributed by atoms with E-state index >= 15 is 0 Å². The van der Waals surface area contributed by atoms with Gasteiger partial charge in [-0.2, -0.15) is 0 Å². The number of ether oxygens (including phenoxy) is 1. The molecule has 3 heteroatoms. The monoisotopic (exact) mass is 366 g/mol. The molecule has 23 heavy (non-hydrogen) atoms. The summed E-state index contributed by atoms with van der Waals surface area (Å²) in [5.41, 5.74) is 3.72. The van der Waals surface area contributed by atoms with Gasteiger partial charge in [0, 0.05) is 4.47 Å². The molecule has 0 aliphatic rings. The molecule has 0 aromatic heterocycles. The number of carbonyl (C=O) groups is 1. The van der Waals surface area contributed by atoms with E-state index in [4.69, 9.17) is 4.74 Å². The molecule has 0 spiro atoms. The van der Waals surface area contributed by atoms with Crippen LogP contribution in [0.5, 0.6) is 0 Å². The van der Waals surface area contributed by atoms with E-state index < -0.39 is 0 Å². The van der Waals surface area contributed by atoms with Gasteiger partial charge in [0.25, 0.3) is 0 Å². The van der Waals surface area contributed by atoms with Crippen molar-refractivity contribution in [2.75, 3.05) is 0 Å². The van der Waals surface area contributed by atoms with E-state index in [1.54, 1.807) is 12.1 Å². The van der Waals surface area contributed by atoms with Crippen LogP contribution in [-0.2, 0) is 11.3 Å². The van der Waals surface area contributed by atoms with Crippen LogP contribution >= 0.6 is 15.9 Å². The lowest BCUT2D eigenvalue weighted by atomic mass is 10.0. The van der Waals surface area contributed by atoms with Gasteiger partial charge in [-0.3, -0.25) is 0 Å². The molecule has 3 rings (SSSR count). The maximum atomic E-state index is 12.1. The van der Waals surface area contributed by atoms with Gasteiger partial charge >= 0.3 is 5.97 Å². The van der Waals surface area contributed by atoms with E-state index in [0.717, 1.165) is 21.2 Å². The van der Waals surface area contributed by atoms with Crippen molar-refractivity contribution in [3.05, 3.63) is 94.5 Å². The molecule has 0 unspecified atom stereocenters. The first-order valence-corrected chi connectivity index (χ1v) is 8.09. The highest BCUT2D eigenvalue weighted by Gasteiger charge is 2.07. The lowest BCUT2D eigenvalue weighted by molar-refractivity contribution is 0.0473. The molecule has 0 heterocycles. The average Bonchev–Trinajstić information content (AvgIpc) is 2.62. The van der Waals surface area contributed by atoms with Crippen LogP contribution in [0.3, 0.4) is 0 Å². The Morgan fingerprint density at radius 1 is 0.783 bits per heavy atom. The summed E-state index contributed by atoms with van der Waals surface area (Å²) in [4.78, 5) is 12.1. The fraction of sp³-hybridized carbons (Fsp3) is 0.0500. The predicted octanol–water partition coefficient (Wildman–Crippen LogP) is 5.47. The molecule has 0 saturated carbocycles. The van der Waals surface area contributed by atoms with Crippen LogP contribution in [-0.4, -0.2) is 5.97 Å². The second-order valence-corrected chi connectivity index (χ2v) is 6.06. The summed E-state index contributed by atoms with van der Waals surface area (Å²) in [5, 5.41) is 0. The second-order valence-electron chi connectivity index (χ2n) is 5.15. The number of hydrogen-bond acceptors (Lipinski definition) is 2. The summed E-state index contributed by atoms with van der Waals surface area (Å²) < 4.78 is 6.35. The molecule has 114 valence electrons. The number of rotatable bonds is 4. The van der Waals surface area contributed by atoms with Gasteiger partial charge in [0.05, 0.1) is 5.56 Å². The molecule has 0 aliphatic carbocycles. The minimum atomic E-state index is -0.312. The van der Waals surface area contributed by atoms with Gasteiger partial charge in [-0.15, -0.1) is 0 Å². The number of halogens is 1. The Bertz CT molecular complexity index is 778. The van der Waals surface area contributed by atoms with Crippen molar-refractivity contribution in [1.29, 1.82) is 0 Å². The molecule has 0 fully saturated rings. The first-order valence-electron chi connectivity index (χ1n) is 7.29. The molecule has 0 saturated heterocycles. The van der Waals surface area contributed by atoms with Crippen LogP contribution in [0.1, 0.15) is 15.9 Å². The van der Waals surface area contributed by atoms with Crippen LogP contribution in [0.4, 0.5) is 0 Å². The van der Waals surface area contributed by atoms with Crippen molar-refractivity contribution in [3.8, 4) is 11.1 Å². The topological polar surface area (TPSA) is 26.3 Å². The Balaban J connectivity index is 1.65. The number of carbonyl (C=O) groups excluding carboxylic acids is 1. The molecule has 3 aromatic rings. The van der Waals surface area contributed by atoms with Gasteiger partial charge in [0.15, 0.2) is 0 Å². The fourth-order valence-electron chi connectivity index (χ4n) is 2.24. The van der Waals surface area contributed by atoms with Gasteiger partial charge in [-0.1, -0.05) is 70.5 Å². The minimum Gasteiger partial charge on any atom is -0.457 e. The van der Waals surface area contributed by atoms with E-state index in [2.05, 4.69) is 15.9 Å². The number of benzene rings is 3. The fourth-order valence-corrected chi connectivity index (χ4v) is 2.51. The lowest BCUT2D eigenvalue weighted by Crippen LogP contribution is -2.05. The van der Waals surface area contributed by atoms with Crippen LogP contribution < -0.4 is 0 Å². The Hall–Kier alpha value is -2.39. The molecule has 0 bridgehead atoms. The maximum absolute atomic E-state index is 12.1. The van der Waals surface area contributed by atoms with Crippen molar-refractivity contribution in [1.82, 2.24) is 0 Å². The van der Waals surface area contributed by atoms with Crippen LogP contribution in [0.2, 0.25) is 0 Å². The van der Waals surface area contributed by atoms with Crippen molar-refractivity contribution >= 4 is 21.9 Å². The number of esters is 1. The number of hydrogen-bond donors (Lipinski definition) is 0. The van der Waals surface area contributed by atoms with Crippen molar-refractivity contribution in [2.24, 2.45) is 0 Å². The molecule has 0 amide bonds. The summed E-state index contributed by atoms with van der Waals surface area (Å²) in [6.45, 7) is 0.270. The predicted molar refractivity (Wildman–Crippen MR) is 95.1 cm³/mol. The maximum Gasteiger partial charge on any atom is 0.338 e. The van der Waals surface area contributed by atoms with E-state index in [9.17, 15) is 4.79 Å². The SMILES string of the molecule is O=C(OCc1ccc(Br)cc1)c1ccc(-c2ccccc2)cc1. The van der Waals surface area contributed by atoms with Gasteiger partial charge in [0.2, 0.25) is 0 Å². The third-order valence-corrected chi connectivity index (χ3v) is 4.04. The summed E-state index contributed by atoms with van der Waals surface area (Å²) >= 11 is 3.38. The highest BCUT2D eigenvalue weighted by Crippen LogP contribution is 2.19. The van der Waals surface area contributed by atoms with E-state index in [1.807, 2.05) is 66.7 Å². The van der Waals surface area contributed by atoms with Crippen LogP contribution in [0.15, 0.2) is 83.3 Å². The average molecular weight is 367 g/mol. The molecule has 0 N–H and O–H groups in total. The van der Waals surface area contributed by atoms with Gasteiger partial charge in [-0.05, 0) is 41.0 Å². The zero-order chi connectivity index (χ0) is 16.1. The van der Waals surface area contributed by atoms with Gasteiger partial charge in [-0.25, -0.2) is 4.79 Å². The molecular weight excluding hydrogens is 352 g/mol. The molecule has 3 aromatic carbocycles. The Morgan fingerprint density at radius 3 is 2.04 bits per heavy atom. The summed E-state index contributed by atoms with van der Waals surface area (Å²) in [6, 6.07) is 25.2. The normalized spacial score (nSPS) is 10.3. The highest BCUT2D eigenvalue weighted by atomic mass is 79.9. The van der Waals surface area contributed by atoms with E-state index in [-0.39, 0.29) is 12.6 Å². The van der Waals surface area contributed by atoms with Gasteiger partial charge in [0.1, 0.15) is 6.61 Å².